The molecule has 1 heterocycles. The molecule has 0 aromatic heterocycles. The van der Waals surface area contributed by atoms with Gasteiger partial charge in [-0.25, -0.2) is 0 Å². The second kappa shape index (κ2) is 10.2. The first kappa shape index (κ1) is 20.2. The van der Waals surface area contributed by atoms with Gasteiger partial charge in [0.25, 0.3) is 0 Å². The average molecular weight is 381 g/mol. The maximum Gasteiger partial charge on any atom is 0.225 e. The lowest BCUT2D eigenvalue weighted by molar-refractivity contribution is -0.121. The molecule has 1 fully saturated rings. The van der Waals surface area contributed by atoms with E-state index in [9.17, 15) is 9.90 Å². The summed E-state index contributed by atoms with van der Waals surface area (Å²) in [6.07, 6.45) is 7.04. The molecule has 1 aliphatic heterocycles. The van der Waals surface area contributed by atoms with E-state index in [1.54, 1.807) is 18.2 Å². The van der Waals surface area contributed by atoms with Crippen LogP contribution in [0.4, 0.5) is 5.69 Å². The summed E-state index contributed by atoms with van der Waals surface area (Å²) >= 11 is 0. The number of hydrogen-bond acceptors (Lipinski definition) is 3. The van der Waals surface area contributed by atoms with Crippen LogP contribution < -0.4 is 10.2 Å². The summed E-state index contributed by atoms with van der Waals surface area (Å²) in [6.45, 7) is 4.35. The van der Waals surface area contributed by atoms with Gasteiger partial charge in [-0.2, -0.15) is 0 Å². The third-order valence-corrected chi connectivity index (χ3v) is 5.53. The van der Waals surface area contributed by atoms with E-state index in [4.69, 9.17) is 0 Å². The molecule has 1 amide bonds. The Balaban J connectivity index is 1.78. The number of nitrogens with one attached hydrogen (secondary N) is 1. The second-order valence-electron chi connectivity index (χ2n) is 7.67. The molecule has 2 aromatic carbocycles. The van der Waals surface area contributed by atoms with Gasteiger partial charge in [-0.3, -0.25) is 4.79 Å². The van der Waals surface area contributed by atoms with Crippen LogP contribution in [0.3, 0.4) is 0 Å². The number of hydrogen-bond donors (Lipinski definition) is 2. The van der Waals surface area contributed by atoms with E-state index < -0.39 is 0 Å². The van der Waals surface area contributed by atoms with Gasteiger partial charge in [0.2, 0.25) is 5.91 Å². The van der Waals surface area contributed by atoms with Gasteiger partial charge in [-0.05, 0) is 43.4 Å². The van der Waals surface area contributed by atoms with E-state index in [-0.39, 0.29) is 24.1 Å². The van der Waals surface area contributed by atoms with Crippen LogP contribution in [0.25, 0.3) is 0 Å². The van der Waals surface area contributed by atoms with Crippen molar-refractivity contribution in [1.29, 1.82) is 0 Å². The number of carbonyl (C=O) groups excluding carboxylic acids is 1. The Morgan fingerprint density at radius 1 is 1.07 bits per heavy atom. The molecular weight excluding hydrogens is 348 g/mol. The number of aromatic hydroxyl groups is 1. The Labute approximate surface area is 168 Å². The molecule has 0 saturated carbocycles. The monoisotopic (exact) mass is 380 g/mol. The number of piperidine rings is 1. The van der Waals surface area contributed by atoms with Crippen molar-refractivity contribution < 1.29 is 9.90 Å². The number of phenolic OH excluding ortho intramolecular Hbond substituents is 1. The van der Waals surface area contributed by atoms with Gasteiger partial charge in [0.05, 0.1) is 12.5 Å². The van der Waals surface area contributed by atoms with Crippen LogP contribution in [-0.2, 0) is 11.2 Å². The smallest absolute Gasteiger partial charge is 0.225 e. The summed E-state index contributed by atoms with van der Waals surface area (Å²) in [5.41, 5.74) is 3.13. The minimum atomic E-state index is -0.0453. The van der Waals surface area contributed by atoms with Gasteiger partial charge in [-0.15, -0.1) is 0 Å². The van der Waals surface area contributed by atoms with Crippen LogP contribution in [0.1, 0.15) is 62.6 Å². The number of carbonyl (C=O) groups is 1. The molecule has 1 aliphatic rings. The number of nitrogens with zero attached hydrogens (tertiary/aromatic N) is 1. The molecule has 4 heteroatoms. The van der Waals surface area contributed by atoms with Gasteiger partial charge < -0.3 is 15.3 Å². The zero-order chi connectivity index (χ0) is 19.8. The van der Waals surface area contributed by atoms with Crippen molar-refractivity contribution >= 4 is 11.6 Å². The van der Waals surface area contributed by atoms with E-state index in [0.717, 1.165) is 32.4 Å². The Bertz CT molecular complexity index is 769. The van der Waals surface area contributed by atoms with Crippen molar-refractivity contribution in [2.45, 2.75) is 57.9 Å². The van der Waals surface area contributed by atoms with Crippen LogP contribution in [0.5, 0.6) is 5.75 Å². The van der Waals surface area contributed by atoms with E-state index in [0.29, 0.717) is 5.56 Å². The van der Waals surface area contributed by atoms with Crippen molar-refractivity contribution in [3.63, 3.8) is 0 Å². The molecule has 2 aromatic rings. The third-order valence-electron chi connectivity index (χ3n) is 5.53. The van der Waals surface area contributed by atoms with Gasteiger partial charge in [-0.1, -0.05) is 56.2 Å². The summed E-state index contributed by atoms with van der Waals surface area (Å²) in [5.74, 6) is 0.132. The fourth-order valence-electron chi connectivity index (χ4n) is 4.00. The second-order valence-corrected chi connectivity index (χ2v) is 7.67. The molecule has 0 aliphatic carbocycles. The number of para-hydroxylation sites is 2. The summed E-state index contributed by atoms with van der Waals surface area (Å²) < 4.78 is 0. The zero-order valence-electron chi connectivity index (χ0n) is 16.9. The summed E-state index contributed by atoms with van der Waals surface area (Å²) in [7, 11) is 0. The molecule has 0 radical (unpaired) electrons. The summed E-state index contributed by atoms with van der Waals surface area (Å²) in [6, 6.07) is 15.6. The fourth-order valence-corrected chi connectivity index (χ4v) is 4.00. The first-order valence-corrected chi connectivity index (χ1v) is 10.6. The molecule has 3 rings (SSSR count). The van der Waals surface area contributed by atoms with Crippen molar-refractivity contribution in [3.8, 4) is 5.75 Å². The molecule has 2 N–H and O–H groups in total. The lowest BCUT2D eigenvalue weighted by Crippen LogP contribution is -2.34. The highest BCUT2D eigenvalue weighted by Gasteiger charge is 2.21. The quantitative estimate of drug-likeness (QED) is 0.680. The predicted molar refractivity (Wildman–Crippen MR) is 115 cm³/mol. The highest BCUT2D eigenvalue weighted by molar-refractivity contribution is 5.80. The Morgan fingerprint density at radius 3 is 2.54 bits per heavy atom. The fraction of sp³-hybridized carbons (Fsp3) is 0.458. The Kier molecular flexibility index (Phi) is 7.35. The molecule has 1 unspecified atom stereocenters. The van der Waals surface area contributed by atoms with Gasteiger partial charge in [0.1, 0.15) is 5.75 Å². The number of rotatable bonds is 8. The van der Waals surface area contributed by atoms with Gasteiger partial charge in [0, 0.05) is 24.3 Å². The standard InChI is InChI=1S/C24H32N2O2/c1-2-3-13-21(25-24(28)18-19-11-5-8-15-23(19)27)20-12-6-7-14-22(20)26-16-9-4-10-17-26/h5-8,11-12,14-15,21,27H,2-4,9-10,13,16-18H2,1H3,(H,25,28). The first-order valence-electron chi connectivity index (χ1n) is 10.6. The van der Waals surface area contributed by atoms with E-state index in [1.807, 2.05) is 6.07 Å². The highest BCUT2D eigenvalue weighted by Crippen LogP contribution is 2.31. The summed E-state index contributed by atoms with van der Waals surface area (Å²) in [5, 5.41) is 13.2. The van der Waals surface area contributed by atoms with Crippen molar-refractivity contribution in [2.24, 2.45) is 0 Å². The maximum atomic E-state index is 12.8. The third kappa shape index (κ3) is 5.28. The predicted octanol–water partition coefficient (Wildman–Crippen LogP) is 4.97. The van der Waals surface area contributed by atoms with Crippen LogP contribution in [0.2, 0.25) is 0 Å². The van der Waals surface area contributed by atoms with Crippen LogP contribution >= 0.6 is 0 Å². The lowest BCUT2D eigenvalue weighted by Gasteiger charge is -2.33. The summed E-state index contributed by atoms with van der Waals surface area (Å²) in [4.78, 5) is 15.2. The normalized spacial score (nSPS) is 15.2. The molecule has 28 heavy (non-hydrogen) atoms. The number of unbranched alkanes of at least 4 members (excludes halogenated alkanes) is 1. The molecule has 4 nitrogen and oxygen atoms in total. The lowest BCUT2D eigenvalue weighted by atomic mass is 9.97. The van der Waals surface area contributed by atoms with Crippen LogP contribution in [0.15, 0.2) is 48.5 Å². The average Bonchev–Trinajstić information content (AvgIpc) is 2.73. The SMILES string of the molecule is CCCCC(NC(=O)Cc1ccccc1O)c1ccccc1N1CCCCC1. The molecular formula is C24H32N2O2. The topological polar surface area (TPSA) is 52.6 Å². The molecule has 0 spiro atoms. The van der Waals surface area contributed by atoms with E-state index >= 15 is 0 Å². The zero-order valence-corrected chi connectivity index (χ0v) is 16.9. The number of amides is 1. The number of benzene rings is 2. The first-order chi connectivity index (χ1) is 13.7. The molecule has 1 atom stereocenters. The molecule has 0 bridgehead atoms. The highest BCUT2D eigenvalue weighted by atomic mass is 16.3. The number of phenols is 1. The van der Waals surface area contributed by atoms with Crippen LogP contribution in [0, 0.1) is 0 Å². The Morgan fingerprint density at radius 2 is 1.79 bits per heavy atom. The van der Waals surface area contributed by atoms with Gasteiger partial charge in [0.15, 0.2) is 0 Å². The van der Waals surface area contributed by atoms with Gasteiger partial charge >= 0.3 is 0 Å². The van der Waals surface area contributed by atoms with Crippen molar-refractivity contribution in [1.82, 2.24) is 5.32 Å². The van der Waals surface area contributed by atoms with Crippen molar-refractivity contribution in [3.05, 3.63) is 59.7 Å². The molecule has 1 saturated heterocycles. The van der Waals surface area contributed by atoms with Crippen molar-refractivity contribution in [2.75, 3.05) is 18.0 Å². The van der Waals surface area contributed by atoms with Crippen LogP contribution in [-0.4, -0.2) is 24.1 Å². The number of anilines is 1. The Hall–Kier alpha value is -2.49. The largest absolute Gasteiger partial charge is 0.508 e. The van der Waals surface area contributed by atoms with E-state index in [2.05, 4.69) is 41.4 Å². The minimum absolute atomic E-state index is 0.00330. The maximum absolute atomic E-state index is 12.8. The minimum Gasteiger partial charge on any atom is -0.508 e. The van der Waals surface area contributed by atoms with E-state index in [1.165, 1.54) is 30.5 Å². The molecule has 150 valence electrons.